The number of carbonyl (C=O) groups excluding carboxylic acids is 2. The molecule has 0 heterocycles. The first-order chi connectivity index (χ1) is 9.28. The van der Waals surface area contributed by atoms with Crippen LogP contribution in [0.2, 0.25) is 0 Å². The van der Waals surface area contributed by atoms with Crippen LogP contribution in [0.15, 0.2) is 0 Å². The molecule has 0 aromatic rings. The van der Waals surface area contributed by atoms with Crippen molar-refractivity contribution >= 4 is 11.8 Å². The fourth-order valence-electron chi connectivity index (χ4n) is 4.66. The van der Waals surface area contributed by atoms with Crippen LogP contribution in [0.4, 0.5) is 0 Å². The minimum atomic E-state index is -0.219. The molecule has 2 aliphatic rings. The minimum Gasteiger partial charge on any atom is -0.466 e. The number of rotatable bonds is 3. The number of ether oxygens (including phenoxy) is 1. The van der Waals surface area contributed by atoms with Crippen LogP contribution in [0.5, 0.6) is 0 Å². The fraction of sp³-hybridized carbons (Fsp3) is 0.882. The van der Waals surface area contributed by atoms with Gasteiger partial charge in [-0.25, -0.2) is 0 Å². The van der Waals surface area contributed by atoms with Crippen LogP contribution in [0.1, 0.15) is 66.2 Å². The Kier molecular flexibility index (Phi) is 4.27. The lowest BCUT2D eigenvalue weighted by molar-refractivity contribution is -0.151. The van der Waals surface area contributed by atoms with E-state index in [1.54, 1.807) is 0 Å². The Morgan fingerprint density at radius 1 is 1.30 bits per heavy atom. The Morgan fingerprint density at radius 3 is 2.65 bits per heavy atom. The first kappa shape index (κ1) is 15.5. The summed E-state index contributed by atoms with van der Waals surface area (Å²) in [4.78, 5) is 24.1. The standard InChI is InChI=1S/C17H28O3/c1-5-20-15(19)9-12-11-17(4)8-6-7-16(2,3)14(17)10-13(12)18/h12,14H,5-11H2,1-4H3/t12-,14-,17+/m0/s1. The van der Waals surface area contributed by atoms with Crippen LogP contribution in [-0.2, 0) is 14.3 Å². The summed E-state index contributed by atoms with van der Waals surface area (Å²) in [6.45, 7) is 9.12. The van der Waals surface area contributed by atoms with E-state index in [1.165, 1.54) is 19.3 Å². The molecule has 20 heavy (non-hydrogen) atoms. The summed E-state index contributed by atoms with van der Waals surface area (Å²) in [6, 6.07) is 0. The van der Waals surface area contributed by atoms with Gasteiger partial charge in [0, 0.05) is 12.3 Å². The summed E-state index contributed by atoms with van der Waals surface area (Å²) in [5.41, 5.74) is 0.463. The molecule has 0 aromatic heterocycles. The molecule has 0 saturated heterocycles. The smallest absolute Gasteiger partial charge is 0.306 e. The molecule has 3 heteroatoms. The van der Waals surface area contributed by atoms with E-state index in [0.29, 0.717) is 18.9 Å². The molecule has 0 amide bonds. The van der Waals surface area contributed by atoms with E-state index in [4.69, 9.17) is 4.74 Å². The molecule has 0 radical (unpaired) electrons. The van der Waals surface area contributed by atoms with Gasteiger partial charge < -0.3 is 4.74 Å². The number of hydrogen-bond donors (Lipinski definition) is 0. The molecular formula is C17H28O3. The molecule has 0 aromatic carbocycles. The summed E-state index contributed by atoms with van der Waals surface area (Å²) in [6.07, 6.45) is 5.42. The maximum Gasteiger partial charge on any atom is 0.306 e. The van der Waals surface area contributed by atoms with Gasteiger partial charge in [0.2, 0.25) is 0 Å². The molecule has 0 unspecified atom stereocenters. The highest BCUT2D eigenvalue weighted by atomic mass is 16.5. The number of carbonyl (C=O) groups is 2. The van der Waals surface area contributed by atoms with Gasteiger partial charge in [0.1, 0.15) is 5.78 Å². The van der Waals surface area contributed by atoms with E-state index in [-0.39, 0.29) is 34.9 Å². The van der Waals surface area contributed by atoms with E-state index in [2.05, 4.69) is 20.8 Å². The largest absolute Gasteiger partial charge is 0.466 e. The SMILES string of the molecule is CCOC(=O)C[C@H]1C[C@@]2(C)CCCC(C)(C)[C@@H]2CC1=O. The fourth-order valence-corrected chi connectivity index (χ4v) is 4.66. The second-order valence-electron chi connectivity index (χ2n) is 7.63. The van der Waals surface area contributed by atoms with Crippen molar-refractivity contribution in [3.8, 4) is 0 Å². The number of hydrogen-bond acceptors (Lipinski definition) is 3. The average Bonchev–Trinajstić information content (AvgIpc) is 2.32. The van der Waals surface area contributed by atoms with Gasteiger partial charge in [0.15, 0.2) is 0 Å². The number of esters is 1. The van der Waals surface area contributed by atoms with Gasteiger partial charge in [0.25, 0.3) is 0 Å². The average molecular weight is 280 g/mol. The van der Waals surface area contributed by atoms with E-state index in [9.17, 15) is 9.59 Å². The Bertz CT molecular complexity index is 399. The third kappa shape index (κ3) is 2.91. The molecular weight excluding hydrogens is 252 g/mol. The number of ketones is 1. The van der Waals surface area contributed by atoms with Crippen molar-refractivity contribution in [1.82, 2.24) is 0 Å². The zero-order valence-electron chi connectivity index (χ0n) is 13.3. The van der Waals surface area contributed by atoms with Crippen LogP contribution in [0.3, 0.4) is 0 Å². The molecule has 2 saturated carbocycles. The van der Waals surface area contributed by atoms with Gasteiger partial charge in [-0.2, -0.15) is 0 Å². The van der Waals surface area contributed by atoms with Crippen molar-refractivity contribution < 1.29 is 14.3 Å². The maximum atomic E-state index is 12.4. The van der Waals surface area contributed by atoms with Crippen molar-refractivity contribution in [1.29, 1.82) is 0 Å². The summed E-state index contributed by atoms with van der Waals surface area (Å²) in [5, 5.41) is 0. The molecule has 0 bridgehead atoms. The maximum absolute atomic E-state index is 12.4. The summed E-state index contributed by atoms with van der Waals surface area (Å²) < 4.78 is 5.01. The molecule has 2 fully saturated rings. The topological polar surface area (TPSA) is 43.4 Å². The normalized spacial score (nSPS) is 36.3. The van der Waals surface area contributed by atoms with Crippen LogP contribution >= 0.6 is 0 Å². The van der Waals surface area contributed by atoms with Gasteiger partial charge in [-0.15, -0.1) is 0 Å². The van der Waals surface area contributed by atoms with Gasteiger partial charge >= 0.3 is 5.97 Å². The second-order valence-corrected chi connectivity index (χ2v) is 7.63. The van der Waals surface area contributed by atoms with Gasteiger partial charge in [-0.1, -0.05) is 27.2 Å². The monoisotopic (exact) mass is 280 g/mol. The molecule has 0 aliphatic heterocycles. The van der Waals surface area contributed by atoms with Gasteiger partial charge in [-0.3, -0.25) is 9.59 Å². The van der Waals surface area contributed by atoms with Crippen molar-refractivity contribution in [2.45, 2.75) is 66.2 Å². The first-order valence-electron chi connectivity index (χ1n) is 7.97. The summed E-state index contributed by atoms with van der Waals surface area (Å²) in [7, 11) is 0. The Balaban J connectivity index is 2.11. The van der Waals surface area contributed by atoms with E-state index < -0.39 is 0 Å². The van der Waals surface area contributed by atoms with E-state index in [0.717, 1.165) is 6.42 Å². The predicted octanol–water partition coefficient (Wildman–Crippen LogP) is 3.75. The van der Waals surface area contributed by atoms with Crippen LogP contribution in [0.25, 0.3) is 0 Å². The number of fused-ring (bicyclic) bond motifs is 1. The second kappa shape index (κ2) is 5.50. The minimum absolute atomic E-state index is 0.121. The molecule has 3 atom stereocenters. The summed E-state index contributed by atoms with van der Waals surface area (Å²) >= 11 is 0. The highest BCUT2D eigenvalue weighted by molar-refractivity contribution is 5.86. The molecule has 3 nitrogen and oxygen atoms in total. The number of Topliss-reactive ketones (excluding diaryl/α,β-unsaturated/α-hetero) is 1. The van der Waals surface area contributed by atoms with Crippen LogP contribution in [-0.4, -0.2) is 18.4 Å². The predicted molar refractivity (Wildman–Crippen MR) is 78.2 cm³/mol. The third-order valence-corrected chi connectivity index (χ3v) is 5.65. The molecule has 0 N–H and O–H groups in total. The van der Waals surface area contributed by atoms with Crippen molar-refractivity contribution in [3.05, 3.63) is 0 Å². The Morgan fingerprint density at radius 2 is 2.00 bits per heavy atom. The highest BCUT2D eigenvalue weighted by Gasteiger charge is 2.52. The summed E-state index contributed by atoms with van der Waals surface area (Å²) in [5.74, 6) is 0.400. The molecule has 0 spiro atoms. The Labute approximate surface area is 122 Å². The van der Waals surface area contributed by atoms with Crippen molar-refractivity contribution in [3.63, 3.8) is 0 Å². The van der Waals surface area contributed by atoms with Crippen LogP contribution < -0.4 is 0 Å². The third-order valence-electron chi connectivity index (χ3n) is 5.65. The van der Waals surface area contributed by atoms with Crippen molar-refractivity contribution in [2.24, 2.45) is 22.7 Å². The first-order valence-corrected chi connectivity index (χ1v) is 7.97. The lowest BCUT2D eigenvalue weighted by atomic mass is 9.50. The van der Waals surface area contributed by atoms with Crippen LogP contribution in [0, 0.1) is 22.7 Å². The highest BCUT2D eigenvalue weighted by Crippen LogP contribution is 2.58. The lowest BCUT2D eigenvalue weighted by Crippen LogP contribution is -2.49. The van der Waals surface area contributed by atoms with E-state index >= 15 is 0 Å². The van der Waals surface area contributed by atoms with E-state index in [1.807, 2.05) is 6.92 Å². The lowest BCUT2D eigenvalue weighted by Gasteiger charge is -2.54. The molecule has 2 rings (SSSR count). The van der Waals surface area contributed by atoms with Gasteiger partial charge in [-0.05, 0) is 42.9 Å². The zero-order valence-corrected chi connectivity index (χ0v) is 13.3. The molecule has 2 aliphatic carbocycles. The van der Waals surface area contributed by atoms with Crippen molar-refractivity contribution in [2.75, 3.05) is 6.61 Å². The Hall–Kier alpha value is -0.860. The molecule has 114 valence electrons. The van der Waals surface area contributed by atoms with Gasteiger partial charge in [0.05, 0.1) is 13.0 Å². The quantitative estimate of drug-likeness (QED) is 0.739. The zero-order chi connectivity index (χ0) is 15.0.